The van der Waals surface area contributed by atoms with Crippen molar-refractivity contribution in [2.45, 2.75) is 32.9 Å². The summed E-state index contributed by atoms with van der Waals surface area (Å²) in [5.41, 5.74) is 5.40. The van der Waals surface area contributed by atoms with Crippen LogP contribution in [0.3, 0.4) is 0 Å². The lowest BCUT2D eigenvalue weighted by Gasteiger charge is -2.37. The summed E-state index contributed by atoms with van der Waals surface area (Å²) >= 11 is 1.79. The van der Waals surface area contributed by atoms with Gasteiger partial charge < -0.3 is 5.73 Å². The molecule has 2 rings (SSSR count). The first-order chi connectivity index (χ1) is 9.72. The molecule has 110 valence electrons. The first kappa shape index (κ1) is 15.5. The Morgan fingerprint density at radius 2 is 2.05 bits per heavy atom. The number of nitrogens with two attached hydrogens (primary N) is 1. The highest BCUT2D eigenvalue weighted by atomic mass is 32.1. The SMILES string of the molecule is CCC(C)N1CCN(Cc2ccc(C#CCN)s2)CC1. The third kappa shape index (κ3) is 4.32. The lowest BCUT2D eigenvalue weighted by molar-refractivity contribution is 0.0970. The molecule has 0 saturated carbocycles. The average Bonchev–Trinajstić information content (AvgIpc) is 2.92. The molecule has 0 aromatic carbocycles. The summed E-state index contributed by atoms with van der Waals surface area (Å²) in [5.74, 6) is 6.02. The van der Waals surface area contributed by atoms with Crippen LogP contribution in [0.4, 0.5) is 0 Å². The van der Waals surface area contributed by atoms with E-state index in [0.29, 0.717) is 6.54 Å². The van der Waals surface area contributed by atoms with Gasteiger partial charge in [-0.3, -0.25) is 9.80 Å². The van der Waals surface area contributed by atoms with Crippen LogP contribution in [0.2, 0.25) is 0 Å². The predicted octanol–water partition coefficient (Wildman–Crippen LogP) is 1.97. The summed E-state index contributed by atoms with van der Waals surface area (Å²) in [4.78, 5) is 7.68. The van der Waals surface area contributed by atoms with E-state index in [1.165, 1.54) is 37.5 Å². The van der Waals surface area contributed by atoms with E-state index in [9.17, 15) is 0 Å². The lowest BCUT2D eigenvalue weighted by atomic mass is 10.2. The van der Waals surface area contributed by atoms with E-state index in [1.54, 1.807) is 11.3 Å². The second-order valence-corrected chi connectivity index (χ2v) is 6.51. The molecular weight excluding hydrogens is 266 g/mol. The zero-order valence-corrected chi connectivity index (χ0v) is 13.4. The smallest absolute Gasteiger partial charge is 0.0772 e. The van der Waals surface area contributed by atoms with Gasteiger partial charge in [-0.05, 0) is 25.5 Å². The Morgan fingerprint density at radius 1 is 1.30 bits per heavy atom. The number of piperazine rings is 1. The monoisotopic (exact) mass is 291 g/mol. The summed E-state index contributed by atoms with van der Waals surface area (Å²) in [7, 11) is 0. The minimum Gasteiger partial charge on any atom is -0.320 e. The normalized spacial score (nSPS) is 18.6. The third-order valence-electron chi connectivity index (χ3n) is 3.98. The molecule has 1 atom stereocenters. The summed E-state index contributed by atoms with van der Waals surface area (Å²) in [6, 6.07) is 5.03. The Kier molecular flexibility index (Phi) is 6.06. The molecule has 1 aromatic heterocycles. The molecule has 2 N–H and O–H groups in total. The number of rotatable bonds is 4. The maximum absolute atomic E-state index is 5.40. The molecule has 3 nitrogen and oxygen atoms in total. The zero-order valence-electron chi connectivity index (χ0n) is 12.6. The highest BCUT2D eigenvalue weighted by Crippen LogP contribution is 2.19. The predicted molar refractivity (Wildman–Crippen MR) is 86.9 cm³/mol. The maximum Gasteiger partial charge on any atom is 0.0772 e. The van der Waals surface area contributed by atoms with E-state index < -0.39 is 0 Å². The van der Waals surface area contributed by atoms with Gasteiger partial charge in [-0.25, -0.2) is 0 Å². The van der Waals surface area contributed by atoms with Gasteiger partial charge in [-0.2, -0.15) is 0 Å². The topological polar surface area (TPSA) is 32.5 Å². The van der Waals surface area contributed by atoms with Gasteiger partial charge in [0.15, 0.2) is 0 Å². The van der Waals surface area contributed by atoms with E-state index in [4.69, 9.17) is 5.73 Å². The van der Waals surface area contributed by atoms with Crippen molar-refractivity contribution in [3.05, 3.63) is 21.9 Å². The van der Waals surface area contributed by atoms with E-state index in [2.05, 4.69) is 47.6 Å². The molecule has 2 heterocycles. The van der Waals surface area contributed by atoms with Crippen LogP contribution in [0.1, 0.15) is 30.0 Å². The van der Waals surface area contributed by atoms with Gasteiger partial charge in [0, 0.05) is 43.6 Å². The molecule has 20 heavy (non-hydrogen) atoms. The number of hydrogen-bond acceptors (Lipinski definition) is 4. The van der Waals surface area contributed by atoms with Crippen LogP contribution in [0.15, 0.2) is 12.1 Å². The Balaban J connectivity index is 1.82. The molecular formula is C16H25N3S. The van der Waals surface area contributed by atoms with Gasteiger partial charge in [0.25, 0.3) is 0 Å². The average molecular weight is 291 g/mol. The number of nitrogens with zero attached hydrogens (tertiary/aromatic N) is 2. The zero-order chi connectivity index (χ0) is 14.4. The van der Waals surface area contributed by atoms with E-state index in [1.807, 2.05) is 0 Å². The summed E-state index contributed by atoms with van der Waals surface area (Å²) < 4.78 is 0. The van der Waals surface area contributed by atoms with Gasteiger partial charge in [0.1, 0.15) is 0 Å². The highest BCUT2D eigenvalue weighted by molar-refractivity contribution is 7.12. The van der Waals surface area contributed by atoms with Crippen molar-refractivity contribution in [1.29, 1.82) is 0 Å². The van der Waals surface area contributed by atoms with Gasteiger partial charge >= 0.3 is 0 Å². The van der Waals surface area contributed by atoms with Crippen LogP contribution < -0.4 is 5.73 Å². The summed E-state index contributed by atoms with van der Waals surface area (Å²) in [6.07, 6.45) is 1.24. The summed E-state index contributed by atoms with van der Waals surface area (Å²) in [6.45, 7) is 10.8. The fourth-order valence-corrected chi connectivity index (χ4v) is 3.43. The van der Waals surface area contributed by atoms with E-state index in [-0.39, 0.29) is 0 Å². The van der Waals surface area contributed by atoms with Gasteiger partial charge in [-0.1, -0.05) is 18.8 Å². The Hall–Kier alpha value is -0.860. The number of thiophene rings is 1. The molecule has 0 amide bonds. The standard InChI is InChI=1S/C16H25N3S/c1-3-14(2)19-11-9-18(10-12-19)13-16-7-6-15(20-16)5-4-8-17/h6-7,14H,3,8-13,17H2,1-2H3. The molecule has 1 aromatic rings. The van der Waals surface area contributed by atoms with E-state index >= 15 is 0 Å². The van der Waals surface area contributed by atoms with Gasteiger partial charge in [0.05, 0.1) is 11.4 Å². The molecule has 1 unspecified atom stereocenters. The largest absolute Gasteiger partial charge is 0.320 e. The quantitative estimate of drug-likeness (QED) is 0.861. The van der Waals surface area contributed by atoms with Crippen LogP contribution in [-0.4, -0.2) is 48.6 Å². The molecule has 4 heteroatoms. The van der Waals surface area contributed by atoms with Crippen LogP contribution in [-0.2, 0) is 6.54 Å². The molecule has 0 radical (unpaired) electrons. The fraction of sp³-hybridized carbons (Fsp3) is 0.625. The Morgan fingerprint density at radius 3 is 2.70 bits per heavy atom. The minimum absolute atomic E-state index is 0.435. The minimum atomic E-state index is 0.435. The van der Waals surface area contributed by atoms with Gasteiger partial charge in [0.2, 0.25) is 0 Å². The second-order valence-electron chi connectivity index (χ2n) is 5.34. The molecule has 1 aliphatic heterocycles. The van der Waals surface area contributed by atoms with Crippen molar-refractivity contribution in [2.24, 2.45) is 5.73 Å². The summed E-state index contributed by atoms with van der Waals surface area (Å²) in [5, 5.41) is 0. The van der Waals surface area contributed by atoms with Crippen molar-refractivity contribution in [3.63, 3.8) is 0 Å². The molecule has 0 spiro atoms. The molecule has 0 bridgehead atoms. The van der Waals surface area contributed by atoms with Gasteiger partial charge in [-0.15, -0.1) is 11.3 Å². The lowest BCUT2D eigenvalue weighted by Crippen LogP contribution is -2.48. The molecule has 0 aliphatic carbocycles. The molecule has 1 fully saturated rings. The van der Waals surface area contributed by atoms with Crippen molar-refractivity contribution in [1.82, 2.24) is 9.80 Å². The van der Waals surface area contributed by atoms with E-state index in [0.717, 1.165) is 17.5 Å². The van der Waals surface area contributed by atoms with Crippen LogP contribution in [0.25, 0.3) is 0 Å². The van der Waals surface area contributed by atoms with Crippen LogP contribution in [0, 0.1) is 11.8 Å². The van der Waals surface area contributed by atoms with Crippen molar-refractivity contribution >= 4 is 11.3 Å². The Labute approximate surface area is 126 Å². The first-order valence-corrected chi connectivity index (χ1v) is 8.28. The fourth-order valence-electron chi connectivity index (χ4n) is 2.51. The first-order valence-electron chi connectivity index (χ1n) is 7.47. The van der Waals surface area contributed by atoms with Crippen molar-refractivity contribution in [2.75, 3.05) is 32.7 Å². The molecule has 1 aliphatic rings. The van der Waals surface area contributed by atoms with Crippen LogP contribution >= 0.6 is 11.3 Å². The second kappa shape index (κ2) is 7.80. The van der Waals surface area contributed by atoms with Crippen molar-refractivity contribution in [3.8, 4) is 11.8 Å². The highest BCUT2D eigenvalue weighted by Gasteiger charge is 2.20. The Bertz CT molecular complexity index is 464. The third-order valence-corrected chi connectivity index (χ3v) is 4.96. The van der Waals surface area contributed by atoms with Crippen LogP contribution in [0.5, 0.6) is 0 Å². The molecule has 1 saturated heterocycles. The van der Waals surface area contributed by atoms with Crippen molar-refractivity contribution < 1.29 is 0 Å². The number of hydrogen-bond donors (Lipinski definition) is 1. The maximum atomic E-state index is 5.40.